The van der Waals surface area contributed by atoms with Gasteiger partial charge in [0.1, 0.15) is 0 Å². The van der Waals surface area contributed by atoms with E-state index in [9.17, 15) is 9.59 Å². The zero-order valence-corrected chi connectivity index (χ0v) is 17.9. The smallest absolute Gasteiger partial charge is 0.319 e. The normalized spacial score (nSPS) is 12.2. The Bertz CT molecular complexity index is 625. The highest BCUT2D eigenvalue weighted by Crippen LogP contribution is 2.18. The van der Waals surface area contributed by atoms with Gasteiger partial charge in [0.25, 0.3) is 5.91 Å². The van der Waals surface area contributed by atoms with E-state index < -0.39 is 0 Å². The van der Waals surface area contributed by atoms with Crippen molar-refractivity contribution in [1.82, 2.24) is 15.1 Å². The van der Waals surface area contributed by atoms with Crippen LogP contribution in [0.3, 0.4) is 0 Å². The molecule has 0 radical (unpaired) electrons. The number of anilines is 1. The first-order chi connectivity index (χ1) is 12.7. The van der Waals surface area contributed by atoms with Gasteiger partial charge in [-0.2, -0.15) is 0 Å². The summed E-state index contributed by atoms with van der Waals surface area (Å²) in [6.45, 7) is 13.1. The van der Waals surface area contributed by atoms with Crippen LogP contribution in [0.15, 0.2) is 18.2 Å². The lowest BCUT2D eigenvalue weighted by molar-refractivity contribution is 0.0827. The van der Waals surface area contributed by atoms with Gasteiger partial charge in [-0.15, -0.1) is 0 Å². The summed E-state index contributed by atoms with van der Waals surface area (Å²) in [7, 11) is 3.42. The molecular formula is C21H36N4O2. The number of aryl methyl sites for hydroxylation is 1. The van der Waals surface area contributed by atoms with Gasteiger partial charge in [-0.05, 0) is 50.0 Å². The van der Waals surface area contributed by atoms with Gasteiger partial charge in [-0.1, -0.05) is 33.8 Å². The van der Waals surface area contributed by atoms with Crippen LogP contribution >= 0.6 is 0 Å². The van der Waals surface area contributed by atoms with Crippen LogP contribution in [-0.4, -0.2) is 61.5 Å². The van der Waals surface area contributed by atoms with Crippen molar-refractivity contribution in [1.29, 1.82) is 0 Å². The molecule has 0 saturated carbocycles. The van der Waals surface area contributed by atoms with E-state index in [0.717, 1.165) is 25.1 Å². The van der Waals surface area contributed by atoms with Gasteiger partial charge in [0, 0.05) is 37.9 Å². The molecule has 0 spiro atoms. The fraction of sp³-hybridized carbons (Fsp3) is 0.619. The van der Waals surface area contributed by atoms with Crippen molar-refractivity contribution in [2.75, 3.05) is 39.0 Å². The first-order valence-corrected chi connectivity index (χ1v) is 9.80. The maximum atomic E-state index is 12.4. The summed E-state index contributed by atoms with van der Waals surface area (Å²) in [5.74, 6) is 0.480. The van der Waals surface area contributed by atoms with Crippen LogP contribution in [0.2, 0.25) is 0 Å². The number of benzene rings is 1. The summed E-state index contributed by atoms with van der Waals surface area (Å²) in [5.41, 5.74) is 2.13. The van der Waals surface area contributed by atoms with Crippen LogP contribution in [0.5, 0.6) is 0 Å². The molecule has 2 N–H and O–H groups in total. The molecule has 6 nitrogen and oxygen atoms in total. The second kappa shape index (κ2) is 10.9. The number of likely N-dealkylation sites (N-methyl/N-ethyl adjacent to an activating group) is 1. The average molecular weight is 377 g/mol. The van der Waals surface area contributed by atoms with Gasteiger partial charge in [0.15, 0.2) is 0 Å². The van der Waals surface area contributed by atoms with Crippen LogP contribution in [0, 0.1) is 12.8 Å². The first kappa shape index (κ1) is 23.0. The van der Waals surface area contributed by atoms with E-state index in [0.29, 0.717) is 29.8 Å². The number of carbonyl (C=O) groups excluding carboxylic acids is 2. The van der Waals surface area contributed by atoms with Crippen molar-refractivity contribution in [3.8, 4) is 0 Å². The fourth-order valence-corrected chi connectivity index (χ4v) is 3.17. The Kier molecular flexibility index (Phi) is 9.29. The molecule has 0 aliphatic rings. The van der Waals surface area contributed by atoms with E-state index in [1.54, 1.807) is 26.2 Å². The van der Waals surface area contributed by atoms with Gasteiger partial charge < -0.3 is 15.5 Å². The number of rotatable bonds is 9. The summed E-state index contributed by atoms with van der Waals surface area (Å²) in [6.07, 6.45) is 1.04. The highest BCUT2D eigenvalue weighted by Gasteiger charge is 2.18. The average Bonchev–Trinajstić information content (AvgIpc) is 2.61. The van der Waals surface area contributed by atoms with E-state index in [1.165, 1.54) is 4.90 Å². The standard InChI is InChI=1S/C21H36N4O2/c1-8-25(9-2)18(12-15(3)4)14-22-21(27)23-19-13-17(11-10-16(19)5)20(26)24(6)7/h10-11,13,15,18H,8-9,12,14H2,1-7H3,(H2,22,23,27). The molecule has 27 heavy (non-hydrogen) atoms. The molecule has 0 aliphatic heterocycles. The van der Waals surface area contributed by atoms with Gasteiger partial charge in [-0.3, -0.25) is 9.69 Å². The second-order valence-electron chi connectivity index (χ2n) is 7.57. The maximum Gasteiger partial charge on any atom is 0.319 e. The van der Waals surface area contributed by atoms with Crippen LogP contribution in [0.25, 0.3) is 0 Å². The summed E-state index contributed by atoms with van der Waals surface area (Å²) in [5, 5.41) is 5.89. The van der Waals surface area contributed by atoms with Gasteiger partial charge >= 0.3 is 6.03 Å². The van der Waals surface area contributed by atoms with E-state index in [4.69, 9.17) is 0 Å². The Morgan fingerprint density at radius 2 is 1.74 bits per heavy atom. The topological polar surface area (TPSA) is 64.7 Å². The molecule has 0 bridgehead atoms. The minimum absolute atomic E-state index is 0.0861. The highest BCUT2D eigenvalue weighted by atomic mass is 16.2. The van der Waals surface area contributed by atoms with E-state index >= 15 is 0 Å². The molecule has 0 heterocycles. The molecule has 1 atom stereocenters. The number of hydrogen-bond donors (Lipinski definition) is 2. The Morgan fingerprint density at radius 1 is 1.11 bits per heavy atom. The SMILES string of the molecule is CCN(CC)C(CNC(=O)Nc1cc(C(=O)N(C)C)ccc1C)CC(C)C. The summed E-state index contributed by atoms with van der Waals surface area (Å²) in [4.78, 5) is 28.5. The Hall–Kier alpha value is -2.08. The van der Waals surface area contributed by atoms with Crippen LogP contribution < -0.4 is 10.6 Å². The summed E-state index contributed by atoms with van der Waals surface area (Å²) in [6, 6.07) is 5.43. The molecule has 0 saturated heterocycles. The van der Waals surface area contributed by atoms with Gasteiger partial charge in [-0.25, -0.2) is 4.79 Å². The van der Waals surface area contributed by atoms with Gasteiger partial charge in [0.05, 0.1) is 0 Å². The molecule has 152 valence electrons. The van der Waals surface area contributed by atoms with Crippen LogP contribution in [0.4, 0.5) is 10.5 Å². The molecule has 1 aromatic carbocycles. The van der Waals surface area contributed by atoms with Crippen molar-refractivity contribution in [3.63, 3.8) is 0 Å². The summed E-state index contributed by atoms with van der Waals surface area (Å²) < 4.78 is 0. The summed E-state index contributed by atoms with van der Waals surface area (Å²) >= 11 is 0. The molecule has 1 unspecified atom stereocenters. The third-order valence-electron chi connectivity index (χ3n) is 4.71. The lowest BCUT2D eigenvalue weighted by atomic mass is 10.0. The first-order valence-electron chi connectivity index (χ1n) is 9.80. The zero-order chi connectivity index (χ0) is 20.6. The largest absolute Gasteiger partial charge is 0.345 e. The maximum absolute atomic E-state index is 12.4. The highest BCUT2D eigenvalue weighted by molar-refractivity contribution is 5.97. The predicted octanol–water partition coefficient (Wildman–Crippen LogP) is 3.57. The van der Waals surface area contributed by atoms with E-state index in [1.807, 2.05) is 13.0 Å². The van der Waals surface area contributed by atoms with Gasteiger partial charge in [0.2, 0.25) is 0 Å². The number of nitrogens with zero attached hydrogens (tertiary/aromatic N) is 2. The Labute approximate surface area is 164 Å². The number of amides is 3. The van der Waals surface area contributed by atoms with Crippen LogP contribution in [-0.2, 0) is 0 Å². The number of nitrogens with one attached hydrogen (secondary N) is 2. The lowest BCUT2D eigenvalue weighted by Crippen LogP contribution is -2.45. The molecule has 1 aromatic rings. The minimum Gasteiger partial charge on any atom is -0.345 e. The molecule has 3 amide bonds. The Morgan fingerprint density at radius 3 is 2.26 bits per heavy atom. The second-order valence-corrected chi connectivity index (χ2v) is 7.57. The molecule has 1 rings (SSSR count). The lowest BCUT2D eigenvalue weighted by Gasteiger charge is -2.31. The van der Waals surface area contributed by atoms with E-state index in [2.05, 4.69) is 43.2 Å². The number of hydrogen-bond acceptors (Lipinski definition) is 3. The third kappa shape index (κ3) is 7.21. The van der Waals surface area contributed by atoms with Crippen molar-refractivity contribution in [2.45, 2.75) is 47.1 Å². The monoisotopic (exact) mass is 376 g/mol. The van der Waals surface area contributed by atoms with Crippen molar-refractivity contribution < 1.29 is 9.59 Å². The Balaban J connectivity index is 2.78. The zero-order valence-electron chi connectivity index (χ0n) is 17.9. The van der Waals surface area contributed by atoms with Crippen molar-refractivity contribution in [3.05, 3.63) is 29.3 Å². The molecule has 0 aliphatic carbocycles. The predicted molar refractivity (Wildman–Crippen MR) is 112 cm³/mol. The molecule has 6 heteroatoms. The molecule has 0 aromatic heterocycles. The van der Waals surface area contributed by atoms with Crippen molar-refractivity contribution >= 4 is 17.6 Å². The molecular weight excluding hydrogens is 340 g/mol. The van der Waals surface area contributed by atoms with Crippen LogP contribution in [0.1, 0.15) is 50.0 Å². The number of urea groups is 1. The quantitative estimate of drug-likeness (QED) is 0.692. The van der Waals surface area contributed by atoms with E-state index in [-0.39, 0.29) is 11.9 Å². The molecule has 0 fully saturated rings. The minimum atomic E-state index is -0.242. The fourth-order valence-electron chi connectivity index (χ4n) is 3.17. The number of carbonyl (C=O) groups is 2. The van der Waals surface area contributed by atoms with Crippen molar-refractivity contribution in [2.24, 2.45) is 5.92 Å². The third-order valence-corrected chi connectivity index (χ3v) is 4.71.